The Labute approximate surface area is 132 Å². The molecule has 1 saturated carbocycles. The van der Waals surface area contributed by atoms with Crippen molar-refractivity contribution >= 4 is 17.7 Å². The number of alkyl halides is 2. The first-order valence-electron chi connectivity index (χ1n) is 7.43. The molecule has 7 heteroatoms. The molecule has 0 saturated heterocycles. The molecule has 0 aromatic carbocycles. The number of carbonyl (C=O) groups excluding carboxylic acids is 1. The number of amides is 1. The van der Waals surface area contributed by atoms with E-state index >= 15 is 0 Å². The van der Waals surface area contributed by atoms with Crippen LogP contribution in [0.4, 0.5) is 8.78 Å². The van der Waals surface area contributed by atoms with Crippen molar-refractivity contribution < 1.29 is 18.7 Å². The lowest BCUT2D eigenvalue weighted by atomic mass is 9.95. The van der Waals surface area contributed by atoms with Crippen LogP contribution in [-0.4, -0.2) is 34.4 Å². The average Bonchev–Trinajstić information content (AvgIpc) is 2.72. The molecule has 0 bridgehead atoms. The average molecular weight is 330 g/mol. The van der Waals surface area contributed by atoms with Gasteiger partial charge in [-0.05, 0) is 36.7 Å². The summed E-state index contributed by atoms with van der Waals surface area (Å²) in [7, 11) is 0. The van der Waals surface area contributed by atoms with Crippen LogP contribution in [-0.2, 0) is 0 Å². The highest BCUT2D eigenvalue weighted by atomic mass is 32.2. The highest BCUT2D eigenvalue weighted by Crippen LogP contribution is 2.27. The number of pyridine rings is 1. The van der Waals surface area contributed by atoms with Gasteiger partial charge in [-0.15, -0.1) is 0 Å². The summed E-state index contributed by atoms with van der Waals surface area (Å²) in [6, 6.07) is 2.93. The fourth-order valence-corrected chi connectivity index (χ4v) is 3.36. The Morgan fingerprint density at radius 2 is 2.18 bits per heavy atom. The van der Waals surface area contributed by atoms with Crippen LogP contribution in [0.15, 0.2) is 23.4 Å². The van der Waals surface area contributed by atoms with Crippen molar-refractivity contribution in [2.75, 3.05) is 6.61 Å². The molecule has 1 heterocycles. The lowest BCUT2D eigenvalue weighted by molar-refractivity contribution is 0.0896. The predicted molar refractivity (Wildman–Crippen MR) is 81.0 cm³/mol. The second kappa shape index (κ2) is 8.43. The number of nitrogens with one attached hydrogen (secondary N) is 1. The fourth-order valence-electron chi connectivity index (χ4n) is 2.78. The number of aromatic nitrogens is 1. The maximum absolute atomic E-state index is 12.6. The summed E-state index contributed by atoms with van der Waals surface area (Å²) in [6.07, 6.45) is 6.18. The summed E-state index contributed by atoms with van der Waals surface area (Å²) in [5.41, 5.74) is 0.161. The smallest absolute Gasteiger partial charge is 0.290 e. The van der Waals surface area contributed by atoms with Crippen LogP contribution in [0.2, 0.25) is 0 Å². The number of aliphatic hydroxyl groups is 1. The van der Waals surface area contributed by atoms with E-state index in [0.29, 0.717) is 0 Å². The molecule has 0 spiro atoms. The van der Waals surface area contributed by atoms with Gasteiger partial charge in [0.25, 0.3) is 11.7 Å². The van der Waals surface area contributed by atoms with E-state index in [2.05, 4.69) is 10.3 Å². The van der Waals surface area contributed by atoms with Gasteiger partial charge in [-0.3, -0.25) is 4.79 Å². The van der Waals surface area contributed by atoms with Gasteiger partial charge in [0.05, 0.1) is 5.56 Å². The molecular weight excluding hydrogens is 310 g/mol. The minimum absolute atomic E-state index is 0.0225. The van der Waals surface area contributed by atoms with E-state index in [1.807, 2.05) is 0 Å². The third-order valence-corrected chi connectivity index (χ3v) is 4.65. The van der Waals surface area contributed by atoms with Crippen molar-refractivity contribution in [2.24, 2.45) is 5.92 Å². The maximum atomic E-state index is 12.6. The normalized spacial score (nSPS) is 22.4. The van der Waals surface area contributed by atoms with E-state index < -0.39 is 11.7 Å². The Kier molecular flexibility index (Phi) is 6.57. The fraction of sp³-hybridized carbons (Fsp3) is 0.600. The van der Waals surface area contributed by atoms with Crippen LogP contribution >= 0.6 is 11.8 Å². The first-order valence-corrected chi connectivity index (χ1v) is 8.31. The van der Waals surface area contributed by atoms with Crippen LogP contribution in [0, 0.1) is 5.92 Å². The Morgan fingerprint density at radius 1 is 1.41 bits per heavy atom. The van der Waals surface area contributed by atoms with Crippen molar-refractivity contribution in [3.05, 3.63) is 23.9 Å². The highest BCUT2D eigenvalue weighted by molar-refractivity contribution is 7.99. The molecule has 0 radical (unpaired) electrons. The van der Waals surface area contributed by atoms with E-state index in [1.54, 1.807) is 6.07 Å². The molecule has 2 atom stereocenters. The van der Waals surface area contributed by atoms with Gasteiger partial charge in [0.15, 0.2) is 0 Å². The van der Waals surface area contributed by atoms with Crippen molar-refractivity contribution in [3.8, 4) is 0 Å². The van der Waals surface area contributed by atoms with Crippen LogP contribution in [0.5, 0.6) is 0 Å². The minimum atomic E-state index is -2.62. The lowest BCUT2D eigenvalue weighted by Gasteiger charge is -2.24. The van der Waals surface area contributed by atoms with Crippen molar-refractivity contribution in [1.29, 1.82) is 0 Å². The molecule has 1 aromatic rings. The third kappa shape index (κ3) is 4.64. The van der Waals surface area contributed by atoms with Gasteiger partial charge < -0.3 is 10.4 Å². The van der Waals surface area contributed by atoms with E-state index in [4.69, 9.17) is 0 Å². The van der Waals surface area contributed by atoms with Gasteiger partial charge in [0.1, 0.15) is 5.03 Å². The molecule has 4 nitrogen and oxygen atoms in total. The molecule has 0 aliphatic heterocycles. The van der Waals surface area contributed by atoms with Crippen LogP contribution in [0.1, 0.15) is 42.5 Å². The van der Waals surface area contributed by atoms with E-state index in [9.17, 15) is 18.7 Å². The Hall–Kier alpha value is -1.21. The number of thioether (sulfide) groups is 1. The molecule has 1 aliphatic carbocycles. The summed E-state index contributed by atoms with van der Waals surface area (Å²) in [5, 5.41) is 12.4. The molecule has 1 aliphatic rings. The molecule has 22 heavy (non-hydrogen) atoms. The monoisotopic (exact) mass is 330 g/mol. The van der Waals surface area contributed by atoms with E-state index in [-0.39, 0.29) is 40.9 Å². The van der Waals surface area contributed by atoms with E-state index in [1.165, 1.54) is 12.3 Å². The second-order valence-corrected chi connectivity index (χ2v) is 6.37. The SMILES string of the molecule is O=C(NC1CCCCCC1CO)c1cccnc1SC(F)F. The van der Waals surface area contributed by atoms with Crippen molar-refractivity contribution in [3.63, 3.8) is 0 Å². The zero-order chi connectivity index (χ0) is 15.9. The number of hydrogen-bond donors (Lipinski definition) is 2. The molecule has 1 amide bonds. The van der Waals surface area contributed by atoms with E-state index in [0.717, 1.165) is 32.1 Å². The van der Waals surface area contributed by atoms with Crippen LogP contribution in [0.25, 0.3) is 0 Å². The Bertz CT molecular complexity index is 502. The zero-order valence-electron chi connectivity index (χ0n) is 12.2. The summed E-state index contributed by atoms with van der Waals surface area (Å²) >= 11 is 0.271. The quantitative estimate of drug-likeness (QED) is 0.643. The predicted octanol–water partition coefficient (Wildman–Crippen LogP) is 3.07. The first kappa shape index (κ1) is 17.1. The summed E-state index contributed by atoms with van der Waals surface area (Å²) in [4.78, 5) is 16.3. The topological polar surface area (TPSA) is 62.2 Å². The molecule has 1 fully saturated rings. The second-order valence-electron chi connectivity index (χ2n) is 5.40. The highest BCUT2D eigenvalue weighted by Gasteiger charge is 2.26. The number of halogens is 2. The largest absolute Gasteiger partial charge is 0.396 e. The number of rotatable bonds is 5. The van der Waals surface area contributed by atoms with Gasteiger partial charge in [0, 0.05) is 24.8 Å². The summed E-state index contributed by atoms with van der Waals surface area (Å²) < 4.78 is 25.1. The van der Waals surface area contributed by atoms with Gasteiger partial charge >= 0.3 is 0 Å². The zero-order valence-corrected chi connectivity index (χ0v) is 13.0. The first-order chi connectivity index (χ1) is 10.6. The Balaban J connectivity index is 2.10. The van der Waals surface area contributed by atoms with Gasteiger partial charge in [-0.2, -0.15) is 8.78 Å². The molecule has 122 valence electrons. The molecular formula is C15H20F2N2O2S. The number of hydrogen-bond acceptors (Lipinski definition) is 4. The number of nitrogens with zero attached hydrogens (tertiary/aromatic N) is 1. The minimum Gasteiger partial charge on any atom is -0.396 e. The number of aliphatic hydroxyl groups excluding tert-OH is 1. The lowest BCUT2D eigenvalue weighted by Crippen LogP contribution is -2.41. The maximum Gasteiger partial charge on any atom is 0.290 e. The Morgan fingerprint density at radius 3 is 2.91 bits per heavy atom. The van der Waals surface area contributed by atoms with Crippen LogP contribution < -0.4 is 5.32 Å². The van der Waals surface area contributed by atoms with Gasteiger partial charge in [0.2, 0.25) is 0 Å². The summed E-state index contributed by atoms with van der Waals surface area (Å²) in [6.45, 7) is 0.0244. The van der Waals surface area contributed by atoms with Gasteiger partial charge in [-0.25, -0.2) is 4.98 Å². The molecule has 2 rings (SSSR count). The van der Waals surface area contributed by atoms with Crippen LogP contribution in [0.3, 0.4) is 0 Å². The molecule has 2 unspecified atom stereocenters. The molecule has 1 aromatic heterocycles. The third-order valence-electron chi connectivity index (χ3n) is 3.93. The standard InChI is InChI=1S/C15H20F2N2O2S/c16-15(17)22-14-11(6-4-8-18-14)13(21)19-12-7-3-1-2-5-10(12)9-20/h4,6,8,10,12,15,20H,1-3,5,7,9H2,(H,19,21). The number of carbonyl (C=O) groups is 1. The van der Waals surface area contributed by atoms with Gasteiger partial charge in [-0.1, -0.05) is 19.3 Å². The van der Waals surface area contributed by atoms with Crippen molar-refractivity contribution in [1.82, 2.24) is 10.3 Å². The molecule has 2 N–H and O–H groups in total. The summed E-state index contributed by atoms with van der Waals surface area (Å²) in [5.74, 6) is -3.00. The van der Waals surface area contributed by atoms with Crippen molar-refractivity contribution in [2.45, 2.75) is 48.9 Å².